The van der Waals surface area contributed by atoms with E-state index in [1.807, 2.05) is 42.2 Å². The molecule has 2 heterocycles. The second-order valence-electron chi connectivity index (χ2n) is 6.92. The lowest BCUT2D eigenvalue weighted by atomic mass is 10.2. The Bertz CT molecular complexity index is 914. The average Bonchev–Trinajstić information content (AvgIpc) is 3.24. The monoisotopic (exact) mass is 432 g/mol. The van der Waals surface area contributed by atoms with Gasteiger partial charge in [-0.2, -0.15) is 4.99 Å². The highest BCUT2D eigenvalue weighted by atomic mass is 35.5. The summed E-state index contributed by atoms with van der Waals surface area (Å²) < 4.78 is 19.5. The van der Waals surface area contributed by atoms with Gasteiger partial charge in [0, 0.05) is 18.8 Å². The smallest absolute Gasteiger partial charge is 0.222 e. The van der Waals surface area contributed by atoms with Crippen LogP contribution in [0.5, 0.6) is 5.75 Å². The average molecular weight is 433 g/mol. The summed E-state index contributed by atoms with van der Waals surface area (Å²) in [7, 11) is 0. The molecule has 0 amide bonds. The summed E-state index contributed by atoms with van der Waals surface area (Å²) in [6.45, 7) is 4.32. The number of benzene rings is 2. The fraction of sp³-hybridized carbons (Fsp3) is 0.333. The third-order valence-electron chi connectivity index (χ3n) is 4.87. The highest BCUT2D eigenvalue weighted by molar-refractivity contribution is 6.06. The van der Waals surface area contributed by atoms with E-state index in [1.165, 1.54) is 12.1 Å². The number of halogens is 2. The molecule has 160 valence electrons. The van der Waals surface area contributed by atoms with Crippen LogP contribution in [0, 0.1) is 5.82 Å². The fourth-order valence-electron chi connectivity index (χ4n) is 3.56. The lowest BCUT2D eigenvalue weighted by Gasteiger charge is -2.38. The number of anilines is 2. The molecule has 4 rings (SSSR count). The van der Waals surface area contributed by atoms with Crippen LogP contribution in [0.1, 0.15) is 19.8 Å². The molecule has 0 radical (unpaired) electrons. The summed E-state index contributed by atoms with van der Waals surface area (Å²) in [4.78, 5) is 13.0. The molecule has 30 heavy (non-hydrogen) atoms. The van der Waals surface area contributed by atoms with Gasteiger partial charge in [-0.05, 0) is 62.2 Å². The molecule has 0 aliphatic carbocycles. The van der Waals surface area contributed by atoms with Crippen molar-refractivity contribution in [2.24, 2.45) is 15.7 Å². The Morgan fingerprint density at radius 1 is 1.17 bits per heavy atom. The van der Waals surface area contributed by atoms with Crippen molar-refractivity contribution < 1.29 is 9.13 Å². The molecule has 2 aromatic rings. The zero-order valence-corrected chi connectivity index (χ0v) is 17.6. The predicted octanol–water partition coefficient (Wildman–Crippen LogP) is 3.63. The van der Waals surface area contributed by atoms with Crippen LogP contribution >= 0.6 is 12.4 Å². The number of nitrogens with zero attached hydrogens (tertiary/aromatic N) is 4. The topological polar surface area (TPSA) is 78.5 Å². The van der Waals surface area contributed by atoms with Crippen molar-refractivity contribution in [3.63, 3.8) is 0 Å². The van der Waals surface area contributed by atoms with Gasteiger partial charge < -0.3 is 20.7 Å². The van der Waals surface area contributed by atoms with E-state index in [4.69, 9.17) is 10.5 Å². The number of rotatable bonds is 5. The summed E-state index contributed by atoms with van der Waals surface area (Å²) >= 11 is 0. The molecule has 1 unspecified atom stereocenters. The number of hydrogen-bond acceptors (Lipinski definition) is 7. The van der Waals surface area contributed by atoms with Crippen LogP contribution in [0.2, 0.25) is 0 Å². The standard InChI is InChI=1S/C21H25FN6O.ClH/c1-2-29-18-10-8-16(9-11-18)24-20-25-19(23)26-21(27-12-3-4-13-27)28(20)17-7-5-6-15(22)14-17;/h5-11,14,20,24H,2-4,12-13H2,1H3,(H2,23,25);1H. The third kappa shape index (κ3) is 4.76. The SMILES string of the molecule is CCOc1ccc(NC2N=C(N)N=C(N3CCCC3)N2c2cccc(F)c2)cc1.Cl. The van der Waals surface area contributed by atoms with Crippen LogP contribution < -0.4 is 20.7 Å². The van der Waals surface area contributed by atoms with Crippen molar-refractivity contribution in [2.45, 2.75) is 26.1 Å². The highest BCUT2D eigenvalue weighted by Gasteiger charge is 2.32. The Hall–Kier alpha value is -3.00. The van der Waals surface area contributed by atoms with Crippen molar-refractivity contribution in [3.8, 4) is 5.75 Å². The van der Waals surface area contributed by atoms with Crippen molar-refractivity contribution in [1.29, 1.82) is 0 Å². The largest absolute Gasteiger partial charge is 0.494 e. The number of ether oxygens (including phenoxy) is 1. The summed E-state index contributed by atoms with van der Waals surface area (Å²) in [5, 5.41) is 3.38. The van der Waals surface area contributed by atoms with Gasteiger partial charge in [0.25, 0.3) is 0 Å². The Balaban J connectivity index is 0.00000256. The molecule has 3 N–H and O–H groups in total. The van der Waals surface area contributed by atoms with Gasteiger partial charge in [0.15, 0.2) is 0 Å². The molecule has 2 aliphatic rings. The summed E-state index contributed by atoms with van der Waals surface area (Å²) in [6.07, 6.45) is 1.62. The van der Waals surface area contributed by atoms with Crippen molar-refractivity contribution in [2.75, 3.05) is 29.9 Å². The van der Waals surface area contributed by atoms with E-state index in [0.29, 0.717) is 18.3 Å². The maximum absolute atomic E-state index is 14.0. The quantitative estimate of drug-likeness (QED) is 0.754. The number of guanidine groups is 2. The molecule has 0 saturated carbocycles. The van der Waals surface area contributed by atoms with E-state index < -0.39 is 6.29 Å². The minimum Gasteiger partial charge on any atom is -0.494 e. The Kier molecular flexibility index (Phi) is 6.99. The van der Waals surface area contributed by atoms with E-state index in [-0.39, 0.29) is 24.2 Å². The van der Waals surface area contributed by atoms with Crippen LogP contribution in [-0.4, -0.2) is 42.8 Å². The van der Waals surface area contributed by atoms with E-state index in [2.05, 4.69) is 20.2 Å². The first-order valence-corrected chi connectivity index (χ1v) is 9.85. The normalized spacial score (nSPS) is 18.4. The molecule has 7 nitrogen and oxygen atoms in total. The van der Waals surface area contributed by atoms with E-state index >= 15 is 0 Å². The van der Waals surface area contributed by atoms with E-state index in [1.54, 1.807) is 6.07 Å². The van der Waals surface area contributed by atoms with Gasteiger partial charge in [0.1, 0.15) is 11.6 Å². The molecule has 0 spiro atoms. The van der Waals surface area contributed by atoms with Gasteiger partial charge in [-0.25, -0.2) is 9.38 Å². The van der Waals surface area contributed by atoms with Crippen molar-refractivity contribution >= 4 is 35.7 Å². The molecular formula is C21H26ClFN6O. The molecule has 1 fully saturated rings. The first-order valence-electron chi connectivity index (χ1n) is 9.85. The number of nitrogens with two attached hydrogens (primary N) is 1. The minimum absolute atomic E-state index is 0. The Morgan fingerprint density at radius 3 is 2.57 bits per heavy atom. The Morgan fingerprint density at radius 2 is 1.90 bits per heavy atom. The maximum Gasteiger partial charge on any atom is 0.222 e. The minimum atomic E-state index is -0.553. The number of aliphatic imine (C=N–C) groups is 2. The number of likely N-dealkylation sites (tertiary alicyclic amines) is 1. The van der Waals surface area contributed by atoms with Crippen molar-refractivity contribution in [3.05, 3.63) is 54.3 Å². The lowest BCUT2D eigenvalue weighted by molar-refractivity contribution is 0.340. The highest BCUT2D eigenvalue weighted by Crippen LogP contribution is 2.26. The van der Waals surface area contributed by atoms with Gasteiger partial charge in [-0.3, -0.25) is 4.90 Å². The van der Waals surface area contributed by atoms with Crippen LogP contribution in [0.3, 0.4) is 0 Å². The zero-order chi connectivity index (χ0) is 20.2. The first-order chi connectivity index (χ1) is 14.1. The summed E-state index contributed by atoms with van der Waals surface area (Å²) in [5.74, 6) is 1.36. The molecule has 2 aromatic carbocycles. The molecule has 2 aliphatic heterocycles. The van der Waals surface area contributed by atoms with Gasteiger partial charge >= 0.3 is 0 Å². The maximum atomic E-state index is 14.0. The molecule has 0 bridgehead atoms. The van der Waals surface area contributed by atoms with E-state index in [0.717, 1.165) is 37.4 Å². The molecule has 1 saturated heterocycles. The summed E-state index contributed by atoms with van der Waals surface area (Å²) in [5.41, 5.74) is 7.55. The molecular weight excluding hydrogens is 407 g/mol. The van der Waals surface area contributed by atoms with Crippen LogP contribution in [0.15, 0.2) is 58.5 Å². The second-order valence-corrected chi connectivity index (χ2v) is 6.92. The third-order valence-corrected chi connectivity index (χ3v) is 4.87. The van der Waals surface area contributed by atoms with Gasteiger partial charge in [0.2, 0.25) is 18.2 Å². The van der Waals surface area contributed by atoms with Crippen LogP contribution in [0.25, 0.3) is 0 Å². The van der Waals surface area contributed by atoms with Gasteiger partial charge in [-0.1, -0.05) is 6.07 Å². The van der Waals surface area contributed by atoms with Gasteiger partial charge in [0.05, 0.1) is 12.3 Å². The predicted molar refractivity (Wildman–Crippen MR) is 121 cm³/mol. The molecule has 1 atom stereocenters. The second kappa shape index (κ2) is 9.67. The number of nitrogens with one attached hydrogen (secondary N) is 1. The lowest BCUT2D eigenvalue weighted by Crippen LogP contribution is -2.54. The number of hydrogen-bond donors (Lipinski definition) is 2. The zero-order valence-electron chi connectivity index (χ0n) is 16.8. The van der Waals surface area contributed by atoms with Crippen LogP contribution in [-0.2, 0) is 0 Å². The van der Waals surface area contributed by atoms with Crippen molar-refractivity contribution in [1.82, 2.24) is 4.90 Å². The first kappa shape index (κ1) is 21.7. The van der Waals surface area contributed by atoms with Crippen LogP contribution in [0.4, 0.5) is 15.8 Å². The molecule has 9 heteroatoms. The Labute approximate surface area is 181 Å². The van der Waals surface area contributed by atoms with E-state index in [9.17, 15) is 4.39 Å². The summed E-state index contributed by atoms with van der Waals surface area (Å²) in [6, 6.07) is 14.1. The molecule has 0 aromatic heterocycles. The fourth-order valence-corrected chi connectivity index (χ4v) is 3.56. The van der Waals surface area contributed by atoms with Gasteiger partial charge in [-0.15, -0.1) is 12.4 Å².